The van der Waals surface area contributed by atoms with Gasteiger partial charge in [-0.3, -0.25) is 4.79 Å². The molecule has 0 radical (unpaired) electrons. The zero-order valence-electron chi connectivity index (χ0n) is 9.67. The number of nitrogens with one attached hydrogen (secondary N) is 1. The number of carbonyl (C=O) groups is 1. The molecule has 0 aliphatic heterocycles. The summed E-state index contributed by atoms with van der Waals surface area (Å²) in [5.74, 6) is -0.404. The van der Waals surface area contributed by atoms with Crippen molar-refractivity contribution >= 4 is 21.8 Å². The minimum absolute atomic E-state index is 0.179. The Balaban J connectivity index is 2.34. The van der Waals surface area contributed by atoms with Crippen molar-refractivity contribution in [2.24, 2.45) is 5.73 Å². The molecule has 3 nitrogen and oxygen atoms in total. The van der Waals surface area contributed by atoms with E-state index < -0.39 is 6.04 Å². The van der Waals surface area contributed by atoms with Crippen molar-refractivity contribution in [2.75, 3.05) is 6.54 Å². The van der Waals surface area contributed by atoms with Gasteiger partial charge in [-0.05, 0) is 37.5 Å². The molecule has 17 heavy (non-hydrogen) atoms. The maximum Gasteiger partial charge on any atom is 0.236 e. The summed E-state index contributed by atoms with van der Waals surface area (Å²) in [4.78, 5) is 11.1. The lowest BCUT2D eigenvalue weighted by molar-refractivity contribution is -0.121. The standard InChI is InChI=1S/C12H16BrFN2O/c1-8(15)12(17)16-6-2-3-9-4-5-10(13)7-11(9)14/h4-5,7-8H,2-3,6,15H2,1H3,(H,16,17)/t8-/m0/s1. The van der Waals surface area contributed by atoms with E-state index in [0.717, 1.165) is 4.47 Å². The number of hydrogen-bond acceptors (Lipinski definition) is 2. The van der Waals surface area contributed by atoms with E-state index in [1.165, 1.54) is 6.07 Å². The molecule has 0 saturated carbocycles. The first-order valence-corrected chi connectivity index (χ1v) is 6.27. The van der Waals surface area contributed by atoms with Gasteiger partial charge in [0.2, 0.25) is 5.91 Å². The summed E-state index contributed by atoms with van der Waals surface area (Å²) in [7, 11) is 0. The van der Waals surface area contributed by atoms with Gasteiger partial charge in [0.1, 0.15) is 5.82 Å². The minimum Gasteiger partial charge on any atom is -0.355 e. The van der Waals surface area contributed by atoms with Gasteiger partial charge in [0, 0.05) is 11.0 Å². The number of amides is 1. The number of rotatable bonds is 5. The lowest BCUT2D eigenvalue weighted by Gasteiger charge is -2.08. The summed E-state index contributed by atoms with van der Waals surface area (Å²) in [6.07, 6.45) is 1.29. The molecular formula is C12H16BrFN2O. The van der Waals surface area contributed by atoms with E-state index in [1.807, 2.05) is 0 Å². The van der Waals surface area contributed by atoms with E-state index in [1.54, 1.807) is 19.1 Å². The molecule has 0 heterocycles. The average molecular weight is 303 g/mol. The second-order valence-corrected chi connectivity index (χ2v) is 4.83. The third-order valence-corrected chi connectivity index (χ3v) is 2.84. The quantitative estimate of drug-likeness (QED) is 0.817. The van der Waals surface area contributed by atoms with E-state index in [-0.39, 0.29) is 11.7 Å². The first-order chi connectivity index (χ1) is 8.00. The van der Waals surface area contributed by atoms with Crippen LogP contribution in [0.2, 0.25) is 0 Å². The Hall–Kier alpha value is -0.940. The maximum absolute atomic E-state index is 13.4. The van der Waals surface area contributed by atoms with Crippen molar-refractivity contribution in [3.63, 3.8) is 0 Å². The number of aryl methyl sites for hydroxylation is 1. The first kappa shape index (κ1) is 14.1. The third kappa shape index (κ3) is 4.83. The molecule has 3 N–H and O–H groups in total. The normalized spacial score (nSPS) is 12.2. The molecule has 94 valence electrons. The van der Waals surface area contributed by atoms with Gasteiger partial charge in [0.25, 0.3) is 0 Å². The molecule has 1 rings (SSSR count). The van der Waals surface area contributed by atoms with Crippen molar-refractivity contribution in [3.05, 3.63) is 34.1 Å². The van der Waals surface area contributed by atoms with Gasteiger partial charge in [0.15, 0.2) is 0 Å². The Morgan fingerprint density at radius 2 is 2.29 bits per heavy atom. The van der Waals surface area contributed by atoms with Gasteiger partial charge < -0.3 is 11.1 Å². The second kappa shape index (κ2) is 6.71. The molecular weight excluding hydrogens is 287 g/mol. The van der Waals surface area contributed by atoms with Crippen molar-refractivity contribution < 1.29 is 9.18 Å². The topological polar surface area (TPSA) is 55.1 Å². The average Bonchev–Trinajstić information content (AvgIpc) is 2.26. The van der Waals surface area contributed by atoms with Gasteiger partial charge in [-0.25, -0.2) is 4.39 Å². The number of nitrogens with two attached hydrogens (primary N) is 1. The zero-order valence-corrected chi connectivity index (χ0v) is 11.3. The van der Waals surface area contributed by atoms with Gasteiger partial charge >= 0.3 is 0 Å². The lowest BCUT2D eigenvalue weighted by atomic mass is 10.1. The summed E-state index contributed by atoms with van der Waals surface area (Å²) in [5.41, 5.74) is 6.05. The van der Waals surface area contributed by atoms with Crippen LogP contribution in [-0.2, 0) is 11.2 Å². The van der Waals surface area contributed by atoms with E-state index in [4.69, 9.17) is 5.73 Å². The molecule has 0 aliphatic carbocycles. The Morgan fingerprint density at radius 1 is 1.59 bits per heavy atom. The molecule has 0 aromatic heterocycles. The fourth-order valence-corrected chi connectivity index (χ4v) is 1.71. The number of halogens is 2. The Kier molecular flexibility index (Phi) is 5.58. The molecule has 0 bridgehead atoms. The maximum atomic E-state index is 13.4. The molecule has 1 atom stereocenters. The molecule has 0 fully saturated rings. The van der Waals surface area contributed by atoms with Gasteiger partial charge in [-0.1, -0.05) is 22.0 Å². The predicted octanol–water partition coefficient (Wildman–Crippen LogP) is 1.98. The number of benzene rings is 1. The number of carbonyl (C=O) groups excluding carboxylic acids is 1. The van der Waals surface area contributed by atoms with Gasteiger partial charge in [-0.15, -0.1) is 0 Å². The SMILES string of the molecule is C[C@H](N)C(=O)NCCCc1ccc(Br)cc1F. The molecule has 1 aromatic carbocycles. The van der Waals surface area contributed by atoms with Crippen molar-refractivity contribution in [1.82, 2.24) is 5.32 Å². The summed E-state index contributed by atoms with van der Waals surface area (Å²) in [5, 5.41) is 2.69. The van der Waals surface area contributed by atoms with Crippen LogP contribution in [0.25, 0.3) is 0 Å². The van der Waals surface area contributed by atoms with Crippen LogP contribution in [0.3, 0.4) is 0 Å². The molecule has 0 unspecified atom stereocenters. The summed E-state index contributed by atoms with van der Waals surface area (Å²) in [6.45, 7) is 2.14. The predicted molar refractivity (Wildman–Crippen MR) is 69.1 cm³/mol. The van der Waals surface area contributed by atoms with Crippen LogP contribution >= 0.6 is 15.9 Å². The van der Waals surface area contributed by atoms with Crippen LogP contribution < -0.4 is 11.1 Å². The summed E-state index contributed by atoms with van der Waals surface area (Å²) in [6, 6.07) is 4.49. The van der Waals surface area contributed by atoms with Crippen LogP contribution in [0.15, 0.2) is 22.7 Å². The fourth-order valence-electron chi connectivity index (χ4n) is 1.38. The van der Waals surface area contributed by atoms with Crippen LogP contribution in [0.5, 0.6) is 0 Å². The van der Waals surface area contributed by atoms with Crippen molar-refractivity contribution in [1.29, 1.82) is 0 Å². The highest BCUT2D eigenvalue weighted by atomic mass is 79.9. The second-order valence-electron chi connectivity index (χ2n) is 3.92. The first-order valence-electron chi connectivity index (χ1n) is 5.48. The molecule has 1 aromatic rings. The highest BCUT2D eigenvalue weighted by Gasteiger charge is 2.06. The van der Waals surface area contributed by atoms with E-state index in [0.29, 0.717) is 24.9 Å². The van der Waals surface area contributed by atoms with Crippen LogP contribution in [0.1, 0.15) is 18.9 Å². The third-order valence-electron chi connectivity index (χ3n) is 2.35. The molecule has 0 saturated heterocycles. The van der Waals surface area contributed by atoms with Crippen molar-refractivity contribution in [2.45, 2.75) is 25.8 Å². The highest BCUT2D eigenvalue weighted by molar-refractivity contribution is 9.10. The number of hydrogen-bond donors (Lipinski definition) is 2. The van der Waals surface area contributed by atoms with Gasteiger partial charge in [-0.2, -0.15) is 0 Å². The largest absolute Gasteiger partial charge is 0.355 e. The fraction of sp³-hybridized carbons (Fsp3) is 0.417. The molecule has 1 amide bonds. The Morgan fingerprint density at radius 3 is 2.88 bits per heavy atom. The smallest absolute Gasteiger partial charge is 0.236 e. The lowest BCUT2D eigenvalue weighted by Crippen LogP contribution is -2.38. The monoisotopic (exact) mass is 302 g/mol. The van der Waals surface area contributed by atoms with Crippen LogP contribution in [0.4, 0.5) is 4.39 Å². The molecule has 0 spiro atoms. The zero-order chi connectivity index (χ0) is 12.8. The molecule has 0 aliphatic rings. The van der Waals surface area contributed by atoms with E-state index >= 15 is 0 Å². The summed E-state index contributed by atoms with van der Waals surface area (Å²) < 4.78 is 14.2. The van der Waals surface area contributed by atoms with Crippen LogP contribution in [-0.4, -0.2) is 18.5 Å². The van der Waals surface area contributed by atoms with Gasteiger partial charge in [0.05, 0.1) is 6.04 Å². The Labute approximate surface area is 109 Å². The van der Waals surface area contributed by atoms with Crippen molar-refractivity contribution in [3.8, 4) is 0 Å². The molecule has 5 heteroatoms. The summed E-state index contributed by atoms with van der Waals surface area (Å²) >= 11 is 3.20. The minimum atomic E-state index is -0.501. The Bertz CT molecular complexity index is 396. The highest BCUT2D eigenvalue weighted by Crippen LogP contribution is 2.16. The van der Waals surface area contributed by atoms with Crippen LogP contribution in [0, 0.1) is 5.82 Å². The van der Waals surface area contributed by atoms with E-state index in [2.05, 4.69) is 21.2 Å². The van der Waals surface area contributed by atoms with E-state index in [9.17, 15) is 9.18 Å².